The third-order valence-electron chi connectivity index (χ3n) is 3.84. The lowest BCUT2D eigenvalue weighted by molar-refractivity contribution is -0.114. The quantitative estimate of drug-likeness (QED) is 0.825. The molecule has 2 N–H and O–H groups in total. The van der Waals surface area contributed by atoms with Crippen LogP contribution in [0.15, 0.2) is 29.2 Å². The highest BCUT2D eigenvalue weighted by atomic mass is 32.2. The number of amides is 1. The fourth-order valence-electron chi connectivity index (χ4n) is 2.62. The van der Waals surface area contributed by atoms with Crippen molar-refractivity contribution >= 4 is 21.6 Å². The summed E-state index contributed by atoms with van der Waals surface area (Å²) in [5.41, 5.74) is 0.480. The van der Waals surface area contributed by atoms with Gasteiger partial charge in [-0.3, -0.25) is 4.79 Å². The monoisotopic (exact) mass is 325 g/mol. The standard InChI is InChI=1S/C15H23N3O3S/c1-3-18-8-7-13(11-18)10-16-22(20,21)15-6-4-5-14(9-15)17-12(2)19/h4-6,9,13,16H,3,7-8,10-11H2,1-2H3,(H,17,19)/t13-/m1/s1. The number of sulfonamides is 1. The van der Waals surface area contributed by atoms with Crippen molar-refractivity contribution in [1.82, 2.24) is 9.62 Å². The number of carbonyl (C=O) groups excluding carboxylic acids is 1. The molecule has 1 fully saturated rings. The van der Waals surface area contributed by atoms with Crippen LogP contribution < -0.4 is 10.0 Å². The lowest BCUT2D eigenvalue weighted by Crippen LogP contribution is -2.31. The molecule has 1 heterocycles. The van der Waals surface area contributed by atoms with Crippen molar-refractivity contribution in [2.45, 2.75) is 25.2 Å². The van der Waals surface area contributed by atoms with Crippen molar-refractivity contribution in [3.63, 3.8) is 0 Å². The van der Waals surface area contributed by atoms with Gasteiger partial charge in [0.05, 0.1) is 4.90 Å². The van der Waals surface area contributed by atoms with Crippen LogP contribution in [0.2, 0.25) is 0 Å². The highest BCUT2D eigenvalue weighted by molar-refractivity contribution is 7.89. The molecule has 0 aliphatic carbocycles. The van der Waals surface area contributed by atoms with E-state index in [9.17, 15) is 13.2 Å². The predicted molar refractivity (Wildman–Crippen MR) is 86.2 cm³/mol. The third kappa shape index (κ3) is 4.53. The number of benzene rings is 1. The maximum Gasteiger partial charge on any atom is 0.240 e. The van der Waals surface area contributed by atoms with E-state index in [1.165, 1.54) is 19.1 Å². The Morgan fingerprint density at radius 3 is 2.82 bits per heavy atom. The minimum absolute atomic E-state index is 0.170. The molecule has 1 aliphatic rings. The van der Waals surface area contributed by atoms with E-state index in [0.717, 1.165) is 26.1 Å². The number of hydrogen-bond acceptors (Lipinski definition) is 4. The first kappa shape index (κ1) is 16.9. The van der Waals surface area contributed by atoms with Gasteiger partial charge in [-0.2, -0.15) is 0 Å². The van der Waals surface area contributed by atoms with E-state index >= 15 is 0 Å². The second-order valence-corrected chi connectivity index (χ2v) is 7.38. The van der Waals surface area contributed by atoms with Gasteiger partial charge >= 0.3 is 0 Å². The molecule has 6 nitrogen and oxygen atoms in total. The summed E-state index contributed by atoms with van der Waals surface area (Å²) in [6.45, 7) is 6.91. The van der Waals surface area contributed by atoms with E-state index < -0.39 is 10.0 Å². The Morgan fingerprint density at radius 1 is 1.41 bits per heavy atom. The summed E-state index contributed by atoms with van der Waals surface area (Å²) in [4.78, 5) is 13.5. The number of nitrogens with zero attached hydrogens (tertiary/aromatic N) is 1. The average Bonchev–Trinajstić information content (AvgIpc) is 2.93. The molecule has 0 aromatic heterocycles. The Morgan fingerprint density at radius 2 is 2.18 bits per heavy atom. The van der Waals surface area contributed by atoms with Gasteiger partial charge in [0.1, 0.15) is 0 Å². The molecule has 1 aromatic rings. The molecule has 22 heavy (non-hydrogen) atoms. The van der Waals surface area contributed by atoms with Crippen LogP contribution in [0.25, 0.3) is 0 Å². The van der Waals surface area contributed by atoms with Crippen LogP contribution in [0.3, 0.4) is 0 Å². The smallest absolute Gasteiger partial charge is 0.240 e. The van der Waals surface area contributed by atoms with E-state index in [0.29, 0.717) is 18.2 Å². The first-order valence-corrected chi connectivity index (χ1v) is 8.98. The zero-order valence-corrected chi connectivity index (χ0v) is 13.8. The molecule has 0 bridgehead atoms. The molecule has 0 unspecified atom stereocenters. The summed E-state index contributed by atoms with van der Waals surface area (Å²) in [6, 6.07) is 6.28. The van der Waals surface area contributed by atoms with E-state index in [1.54, 1.807) is 12.1 Å². The van der Waals surface area contributed by atoms with Gasteiger partial charge in [-0.15, -0.1) is 0 Å². The summed E-state index contributed by atoms with van der Waals surface area (Å²) in [6.07, 6.45) is 1.02. The zero-order chi connectivity index (χ0) is 16.2. The number of hydrogen-bond donors (Lipinski definition) is 2. The second-order valence-electron chi connectivity index (χ2n) is 5.61. The Bertz CT molecular complexity index is 631. The zero-order valence-electron chi connectivity index (χ0n) is 13.0. The van der Waals surface area contributed by atoms with Gasteiger partial charge in [0.25, 0.3) is 0 Å². The molecule has 0 saturated carbocycles. The van der Waals surface area contributed by atoms with Crippen molar-refractivity contribution < 1.29 is 13.2 Å². The molecule has 1 atom stereocenters. The van der Waals surface area contributed by atoms with Crippen LogP contribution >= 0.6 is 0 Å². The summed E-state index contributed by atoms with van der Waals surface area (Å²) in [7, 11) is -3.55. The van der Waals surface area contributed by atoms with Gasteiger partial charge in [-0.1, -0.05) is 13.0 Å². The lowest BCUT2D eigenvalue weighted by atomic mass is 10.1. The van der Waals surface area contributed by atoms with Gasteiger partial charge < -0.3 is 10.2 Å². The third-order valence-corrected chi connectivity index (χ3v) is 5.27. The molecule has 122 valence electrons. The van der Waals surface area contributed by atoms with Gasteiger partial charge in [-0.25, -0.2) is 13.1 Å². The largest absolute Gasteiger partial charge is 0.326 e. The van der Waals surface area contributed by atoms with E-state index in [2.05, 4.69) is 21.9 Å². The summed E-state index contributed by atoms with van der Waals surface area (Å²) in [5, 5.41) is 2.59. The maximum absolute atomic E-state index is 12.3. The average molecular weight is 325 g/mol. The second kappa shape index (κ2) is 7.21. The van der Waals surface area contributed by atoms with E-state index in [-0.39, 0.29) is 10.8 Å². The van der Waals surface area contributed by atoms with Gasteiger partial charge in [-0.05, 0) is 43.6 Å². The minimum atomic E-state index is -3.55. The molecule has 0 radical (unpaired) electrons. The van der Waals surface area contributed by atoms with Crippen LogP contribution in [0.1, 0.15) is 20.3 Å². The molecule has 1 aromatic carbocycles. The Labute approximate surface area is 131 Å². The van der Waals surface area contributed by atoms with Crippen molar-refractivity contribution in [1.29, 1.82) is 0 Å². The Balaban J connectivity index is 1.99. The molecule has 2 rings (SSSR count). The molecular formula is C15H23N3O3S. The number of rotatable bonds is 6. The van der Waals surface area contributed by atoms with Crippen molar-refractivity contribution in [2.24, 2.45) is 5.92 Å². The van der Waals surface area contributed by atoms with Crippen molar-refractivity contribution in [3.05, 3.63) is 24.3 Å². The van der Waals surface area contributed by atoms with Crippen LogP contribution in [0.4, 0.5) is 5.69 Å². The molecule has 1 aliphatic heterocycles. The number of likely N-dealkylation sites (tertiary alicyclic amines) is 1. The minimum Gasteiger partial charge on any atom is -0.326 e. The molecule has 7 heteroatoms. The number of nitrogens with one attached hydrogen (secondary N) is 2. The Kier molecular flexibility index (Phi) is 5.55. The molecule has 1 saturated heterocycles. The first-order valence-electron chi connectivity index (χ1n) is 7.50. The first-order chi connectivity index (χ1) is 10.4. The summed E-state index contributed by atoms with van der Waals surface area (Å²) in [5.74, 6) is 0.126. The number of anilines is 1. The predicted octanol–water partition coefficient (Wildman–Crippen LogP) is 1.27. The topological polar surface area (TPSA) is 78.5 Å². The van der Waals surface area contributed by atoms with Gasteiger partial charge in [0.2, 0.25) is 15.9 Å². The maximum atomic E-state index is 12.3. The highest BCUT2D eigenvalue weighted by Gasteiger charge is 2.23. The van der Waals surface area contributed by atoms with Gasteiger partial charge in [0.15, 0.2) is 0 Å². The summed E-state index contributed by atoms with van der Waals surface area (Å²) >= 11 is 0. The lowest BCUT2D eigenvalue weighted by Gasteiger charge is -2.14. The fraction of sp³-hybridized carbons (Fsp3) is 0.533. The van der Waals surface area contributed by atoms with Crippen LogP contribution in [0, 0.1) is 5.92 Å². The van der Waals surface area contributed by atoms with E-state index in [4.69, 9.17) is 0 Å². The van der Waals surface area contributed by atoms with Crippen LogP contribution in [-0.2, 0) is 14.8 Å². The van der Waals surface area contributed by atoms with Crippen molar-refractivity contribution in [2.75, 3.05) is 31.5 Å². The van der Waals surface area contributed by atoms with E-state index in [1.807, 2.05) is 0 Å². The molecular weight excluding hydrogens is 302 g/mol. The van der Waals surface area contributed by atoms with Crippen LogP contribution in [-0.4, -0.2) is 45.4 Å². The van der Waals surface area contributed by atoms with Gasteiger partial charge in [0, 0.05) is 25.7 Å². The highest BCUT2D eigenvalue weighted by Crippen LogP contribution is 2.18. The Hall–Kier alpha value is -1.44. The summed E-state index contributed by atoms with van der Waals surface area (Å²) < 4.78 is 27.4. The fourth-order valence-corrected chi connectivity index (χ4v) is 3.78. The van der Waals surface area contributed by atoms with Crippen molar-refractivity contribution in [3.8, 4) is 0 Å². The van der Waals surface area contributed by atoms with Crippen LogP contribution in [0.5, 0.6) is 0 Å². The molecule has 0 spiro atoms. The SMILES string of the molecule is CCN1CC[C@H](CNS(=O)(=O)c2cccc(NC(C)=O)c2)C1. The normalized spacial score (nSPS) is 19.3. The molecule has 1 amide bonds. The number of carbonyl (C=O) groups is 1.